The summed E-state index contributed by atoms with van der Waals surface area (Å²) in [7, 11) is 0. The van der Waals surface area contributed by atoms with Gasteiger partial charge >= 0.3 is 6.03 Å². The van der Waals surface area contributed by atoms with Gasteiger partial charge in [0.1, 0.15) is 17.2 Å². The van der Waals surface area contributed by atoms with Crippen molar-refractivity contribution in [2.45, 2.75) is 32.5 Å². The molecular formula is C21H18FN5O2. The van der Waals surface area contributed by atoms with Crippen molar-refractivity contribution in [2.75, 3.05) is 0 Å². The van der Waals surface area contributed by atoms with E-state index in [4.69, 9.17) is 5.26 Å². The zero-order chi connectivity index (χ0) is 20.8. The minimum Gasteiger partial charge on any atom is -0.327 e. The highest BCUT2D eigenvalue weighted by atomic mass is 19.1. The number of fused-ring (bicyclic) bond motifs is 1. The largest absolute Gasteiger partial charge is 0.327 e. The maximum atomic E-state index is 13.6. The molecule has 1 N–H and O–H groups in total. The van der Waals surface area contributed by atoms with Crippen LogP contribution in [0, 0.1) is 17.1 Å². The molecule has 8 heteroatoms. The van der Waals surface area contributed by atoms with E-state index in [0.717, 1.165) is 10.4 Å². The number of carbonyl (C=O) groups is 2. The predicted octanol–water partition coefficient (Wildman–Crippen LogP) is 3.03. The van der Waals surface area contributed by atoms with Crippen LogP contribution in [0.2, 0.25) is 0 Å². The van der Waals surface area contributed by atoms with E-state index in [-0.39, 0.29) is 6.54 Å². The van der Waals surface area contributed by atoms with Crippen molar-refractivity contribution in [1.29, 1.82) is 5.26 Å². The monoisotopic (exact) mass is 391 g/mol. The molecule has 7 nitrogen and oxygen atoms in total. The van der Waals surface area contributed by atoms with Crippen LogP contribution in [0.4, 0.5) is 9.18 Å². The maximum absolute atomic E-state index is 13.6. The molecule has 0 spiro atoms. The third-order valence-corrected chi connectivity index (χ3v) is 5.27. The number of rotatable bonds is 4. The predicted molar refractivity (Wildman–Crippen MR) is 103 cm³/mol. The second kappa shape index (κ2) is 6.71. The van der Waals surface area contributed by atoms with Crippen LogP contribution in [0.15, 0.2) is 42.5 Å². The molecule has 0 bridgehead atoms. The van der Waals surface area contributed by atoms with Crippen LogP contribution in [-0.4, -0.2) is 26.4 Å². The second-order valence-corrected chi connectivity index (χ2v) is 7.04. The maximum Gasteiger partial charge on any atom is 0.325 e. The highest BCUT2D eigenvalue weighted by Crippen LogP contribution is 2.30. The SMILES string of the molecule is CCn1c(CN2C(=O)NC(C)(c3ccc(C#N)cc3)C2=O)nc2cc(F)ccc21. The van der Waals surface area contributed by atoms with Gasteiger partial charge in [0, 0.05) is 12.6 Å². The molecule has 3 aromatic rings. The number of hydrogen-bond acceptors (Lipinski definition) is 4. The van der Waals surface area contributed by atoms with Gasteiger partial charge in [0.2, 0.25) is 0 Å². The number of aromatic nitrogens is 2. The minimum absolute atomic E-state index is 0.0271. The number of nitrogens with zero attached hydrogens (tertiary/aromatic N) is 4. The van der Waals surface area contributed by atoms with Gasteiger partial charge in [-0.15, -0.1) is 0 Å². The Morgan fingerprint density at radius 2 is 1.93 bits per heavy atom. The average Bonchev–Trinajstić information content (AvgIpc) is 3.17. The first-order valence-electron chi connectivity index (χ1n) is 9.16. The van der Waals surface area contributed by atoms with Crippen LogP contribution >= 0.6 is 0 Å². The van der Waals surface area contributed by atoms with Crippen LogP contribution in [0.25, 0.3) is 11.0 Å². The highest BCUT2D eigenvalue weighted by molar-refractivity contribution is 6.07. The van der Waals surface area contributed by atoms with Gasteiger partial charge in [-0.2, -0.15) is 5.26 Å². The number of benzene rings is 2. The Hall–Kier alpha value is -3.73. The fourth-order valence-corrected chi connectivity index (χ4v) is 3.68. The molecule has 4 rings (SSSR count). The molecular weight excluding hydrogens is 373 g/mol. The fourth-order valence-electron chi connectivity index (χ4n) is 3.68. The Morgan fingerprint density at radius 3 is 2.59 bits per heavy atom. The lowest BCUT2D eigenvalue weighted by atomic mass is 9.91. The summed E-state index contributed by atoms with van der Waals surface area (Å²) in [6.07, 6.45) is 0. The molecule has 146 valence electrons. The topological polar surface area (TPSA) is 91.0 Å². The molecule has 0 aliphatic carbocycles. The van der Waals surface area contributed by atoms with Crippen molar-refractivity contribution in [2.24, 2.45) is 0 Å². The van der Waals surface area contributed by atoms with Gasteiger partial charge in [0.05, 0.1) is 29.2 Å². The molecule has 1 fully saturated rings. The smallest absolute Gasteiger partial charge is 0.325 e. The molecule has 1 aromatic heterocycles. The standard InChI is InChI=1S/C21H18FN5O2/c1-3-26-17-9-8-15(22)10-16(17)24-18(26)12-27-19(28)21(2,25-20(27)29)14-6-4-13(11-23)5-7-14/h4-10H,3,12H2,1-2H3,(H,25,29). The Kier molecular flexibility index (Phi) is 4.31. The van der Waals surface area contributed by atoms with E-state index in [2.05, 4.69) is 10.3 Å². The van der Waals surface area contributed by atoms with Gasteiger partial charge in [0.15, 0.2) is 0 Å². The summed E-state index contributed by atoms with van der Waals surface area (Å²) in [6.45, 7) is 4.09. The Balaban J connectivity index is 1.68. The van der Waals surface area contributed by atoms with Gasteiger partial charge in [-0.3, -0.25) is 9.69 Å². The molecule has 1 atom stereocenters. The molecule has 2 heterocycles. The van der Waals surface area contributed by atoms with E-state index in [0.29, 0.717) is 29.0 Å². The third kappa shape index (κ3) is 2.91. The van der Waals surface area contributed by atoms with Gasteiger partial charge < -0.3 is 9.88 Å². The lowest BCUT2D eigenvalue weighted by Crippen LogP contribution is -2.40. The van der Waals surface area contributed by atoms with Crippen LogP contribution in [0.5, 0.6) is 0 Å². The molecule has 1 unspecified atom stereocenters. The number of nitriles is 1. The van der Waals surface area contributed by atoms with E-state index in [1.807, 2.05) is 17.6 Å². The molecule has 29 heavy (non-hydrogen) atoms. The van der Waals surface area contributed by atoms with E-state index in [9.17, 15) is 14.0 Å². The Labute approximate surface area is 166 Å². The van der Waals surface area contributed by atoms with Gasteiger partial charge in [-0.05, 0) is 43.7 Å². The quantitative estimate of drug-likeness (QED) is 0.692. The van der Waals surface area contributed by atoms with E-state index < -0.39 is 23.3 Å². The average molecular weight is 391 g/mol. The van der Waals surface area contributed by atoms with Crippen molar-refractivity contribution >= 4 is 23.0 Å². The number of halogens is 1. The zero-order valence-corrected chi connectivity index (χ0v) is 15.9. The lowest BCUT2D eigenvalue weighted by molar-refractivity contribution is -0.131. The first-order chi connectivity index (χ1) is 13.9. The summed E-state index contributed by atoms with van der Waals surface area (Å²) in [5, 5.41) is 11.7. The van der Waals surface area contributed by atoms with E-state index in [1.165, 1.54) is 12.1 Å². The van der Waals surface area contributed by atoms with Crippen molar-refractivity contribution in [3.05, 3.63) is 65.2 Å². The summed E-state index contributed by atoms with van der Waals surface area (Å²) in [4.78, 5) is 31.3. The minimum atomic E-state index is -1.24. The first kappa shape index (κ1) is 18.6. The molecule has 1 saturated heterocycles. The fraction of sp³-hybridized carbons (Fsp3) is 0.238. The molecule has 0 saturated carbocycles. The van der Waals surface area contributed by atoms with Gasteiger partial charge in [-0.1, -0.05) is 12.1 Å². The van der Waals surface area contributed by atoms with Gasteiger partial charge in [0.25, 0.3) is 5.91 Å². The van der Waals surface area contributed by atoms with Crippen molar-refractivity contribution in [3.8, 4) is 6.07 Å². The van der Waals surface area contributed by atoms with Crippen molar-refractivity contribution in [1.82, 2.24) is 19.8 Å². The van der Waals surface area contributed by atoms with Gasteiger partial charge in [-0.25, -0.2) is 14.2 Å². The van der Waals surface area contributed by atoms with E-state index in [1.54, 1.807) is 37.3 Å². The molecule has 1 aliphatic heterocycles. The molecule has 1 aliphatic rings. The molecule has 0 radical (unpaired) electrons. The number of imidazole rings is 1. The Bertz CT molecular complexity index is 1180. The Morgan fingerprint density at radius 1 is 1.21 bits per heavy atom. The number of aryl methyl sites for hydroxylation is 1. The van der Waals surface area contributed by atoms with Crippen LogP contribution in [0.3, 0.4) is 0 Å². The summed E-state index contributed by atoms with van der Waals surface area (Å²) in [5.41, 5.74) is 1.04. The van der Waals surface area contributed by atoms with Crippen molar-refractivity contribution < 1.29 is 14.0 Å². The van der Waals surface area contributed by atoms with Crippen molar-refractivity contribution in [3.63, 3.8) is 0 Å². The number of imide groups is 1. The molecule has 3 amide bonds. The van der Waals surface area contributed by atoms with Crippen LogP contribution < -0.4 is 5.32 Å². The number of nitrogens with one attached hydrogen (secondary N) is 1. The third-order valence-electron chi connectivity index (χ3n) is 5.27. The molecule has 2 aromatic carbocycles. The second-order valence-electron chi connectivity index (χ2n) is 7.04. The number of hydrogen-bond donors (Lipinski definition) is 1. The lowest BCUT2D eigenvalue weighted by Gasteiger charge is -2.22. The van der Waals surface area contributed by atoms with Crippen LogP contribution in [-0.2, 0) is 23.4 Å². The summed E-state index contributed by atoms with van der Waals surface area (Å²) >= 11 is 0. The van der Waals surface area contributed by atoms with Crippen LogP contribution in [0.1, 0.15) is 30.8 Å². The van der Waals surface area contributed by atoms with E-state index >= 15 is 0 Å². The number of urea groups is 1. The summed E-state index contributed by atoms with van der Waals surface area (Å²) in [5.74, 6) is -0.304. The highest BCUT2D eigenvalue weighted by Gasteiger charge is 2.49. The summed E-state index contributed by atoms with van der Waals surface area (Å²) < 4.78 is 15.4. The zero-order valence-electron chi connectivity index (χ0n) is 15.9. The number of carbonyl (C=O) groups excluding carboxylic acids is 2. The summed E-state index contributed by atoms with van der Waals surface area (Å²) in [6, 6.07) is 12.4. The first-order valence-corrected chi connectivity index (χ1v) is 9.16. The number of amides is 3. The normalized spacial score (nSPS) is 18.9.